The first-order chi connectivity index (χ1) is 8.93. The van der Waals surface area contributed by atoms with Gasteiger partial charge in [-0.25, -0.2) is 0 Å². The molecule has 1 aromatic carbocycles. The molecule has 0 aromatic heterocycles. The van der Waals surface area contributed by atoms with Gasteiger partial charge in [0.25, 0.3) is 0 Å². The van der Waals surface area contributed by atoms with Gasteiger partial charge in [0, 0.05) is 6.54 Å². The molecule has 0 saturated carbocycles. The second-order valence-corrected chi connectivity index (χ2v) is 5.39. The largest absolute Gasteiger partial charge is 0.297 e. The van der Waals surface area contributed by atoms with Crippen molar-refractivity contribution in [3.63, 3.8) is 0 Å². The molecule has 3 heteroatoms. The summed E-state index contributed by atoms with van der Waals surface area (Å²) < 4.78 is 0. The maximum absolute atomic E-state index is 11.4. The minimum Gasteiger partial charge on any atom is -0.297 e. The minimum atomic E-state index is -0.0253. The standard InChI is InChI=1S/C16H22N2O/c1-12(2)14-6-5-13(3)15(9-14)10-18(4)11-16(19)7-8-17/h5-6,9,12H,7,10-11H2,1-4H3. The van der Waals surface area contributed by atoms with E-state index in [1.54, 1.807) is 0 Å². The molecule has 0 unspecified atom stereocenters. The second-order valence-electron chi connectivity index (χ2n) is 5.39. The molecule has 0 aliphatic carbocycles. The van der Waals surface area contributed by atoms with E-state index in [4.69, 9.17) is 5.26 Å². The van der Waals surface area contributed by atoms with Crippen LogP contribution in [0.5, 0.6) is 0 Å². The van der Waals surface area contributed by atoms with Crippen molar-refractivity contribution in [2.45, 2.75) is 39.7 Å². The molecule has 0 radical (unpaired) electrons. The van der Waals surface area contributed by atoms with Crippen LogP contribution in [-0.2, 0) is 11.3 Å². The van der Waals surface area contributed by atoms with E-state index < -0.39 is 0 Å². The molecule has 1 aromatic rings. The van der Waals surface area contributed by atoms with Gasteiger partial charge in [0.05, 0.1) is 19.0 Å². The van der Waals surface area contributed by atoms with Crippen LogP contribution in [0.4, 0.5) is 0 Å². The van der Waals surface area contributed by atoms with E-state index in [0.717, 1.165) is 6.54 Å². The lowest BCUT2D eigenvalue weighted by Crippen LogP contribution is -2.25. The monoisotopic (exact) mass is 258 g/mol. The SMILES string of the molecule is Cc1ccc(C(C)C)cc1CN(C)CC(=O)CC#N. The zero-order valence-corrected chi connectivity index (χ0v) is 12.2. The summed E-state index contributed by atoms with van der Waals surface area (Å²) in [6.07, 6.45) is -0.00461. The van der Waals surface area contributed by atoms with Gasteiger partial charge in [0.2, 0.25) is 0 Å². The highest BCUT2D eigenvalue weighted by Crippen LogP contribution is 2.19. The second kappa shape index (κ2) is 7.06. The molecule has 0 aliphatic rings. The number of nitriles is 1. The highest BCUT2D eigenvalue weighted by molar-refractivity contribution is 5.82. The van der Waals surface area contributed by atoms with Crippen LogP contribution < -0.4 is 0 Å². The Kier molecular flexibility index (Phi) is 5.72. The van der Waals surface area contributed by atoms with Crippen LogP contribution in [0.3, 0.4) is 0 Å². The Hall–Kier alpha value is -1.66. The highest BCUT2D eigenvalue weighted by atomic mass is 16.1. The lowest BCUT2D eigenvalue weighted by Gasteiger charge is -2.18. The zero-order chi connectivity index (χ0) is 14.4. The molecule has 0 N–H and O–H groups in total. The molecular formula is C16H22N2O. The predicted molar refractivity (Wildman–Crippen MR) is 76.8 cm³/mol. The molecule has 0 fully saturated rings. The topological polar surface area (TPSA) is 44.1 Å². The molecule has 0 bridgehead atoms. The van der Waals surface area contributed by atoms with Crippen LogP contribution in [0.15, 0.2) is 18.2 Å². The van der Waals surface area contributed by atoms with E-state index in [9.17, 15) is 4.79 Å². The van der Waals surface area contributed by atoms with Crippen LogP contribution in [0.1, 0.15) is 42.9 Å². The minimum absolute atomic E-state index is 0.00461. The molecule has 0 amide bonds. The molecule has 19 heavy (non-hydrogen) atoms. The van der Waals surface area contributed by atoms with E-state index in [0.29, 0.717) is 12.5 Å². The molecule has 0 saturated heterocycles. The van der Waals surface area contributed by atoms with E-state index in [1.165, 1.54) is 16.7 Å². The number of nitrogens with zero attached hydrogens (tertiary/aromatic N) is 2. The van der Waals surface area contributed by atoms with E-state index in [-0.39, 0.29) is 12.2 Å². The Balaban J connectivity index is 2.73. The lowest BCUT2D eigenvalue weighted by atomic mass is 9.97. The third-order valence-corrected chi connectivity index (χ3v) is 3.20. The first-order valence-electron chi connectivity index (χ1n) is 6.60. The number of benzene rings is 1. The summed E-state index contributed by atoms with van der Waals surface area (Å²) in [5.74, 6) is 0.479. The number of Topliss-reactive ketones (excluding diaryl/α,β-unsaturated/α-hetero) is 1. The molecule has 102 valence electrons. The summed E-state index contributed by atoms with van der Waals surface area (Å²) in [4.78, 5) is 13.4. The Bertz CT molecular complexity index is 486. The fraction of sp³-hybridized carbons (Fsp3) is 0.500. The Morgan fingerprint density at radius 3 is 2.68 bits per heavy atom. The van der Waals surface area contributed by atoms with Crippen molar-refractivity contribution in [2.75, 3.05) is 13.6 Å². The Morgan fingerprint density at radius 1 is 1.42 bits per heavy atom. The van der Waals surface area contributed by atoms with Gasteiger partial charge in [-0.05, 0) is 36.6 Å². The number of hydrogen-bond donors (Lipinski definition) is 0. The fourth-order valence-corrected chi connectivity index (χ4v) is 2.01. The van der Waals surface area contributed by atoms with Crippen molar-refractivity contribution in [2.24, 2.45) is 0 Å². The van der Waals surface area contributed by atoms with Crippen molar-refractivity contribution in [3.05, 3.63) is 34.9 Å². The zero-order valence-electron chi connectivity index (χ0n) is 12.2. The first-order valence-corrected chi connectivity index (χ1v) is 6.60. The van der Waals surface area contributed by atoms with Crippen LogP contribution in [-0.4, -0.2) is 24.3 Å². The third kappa shape index (κ3) is 4.84. The normalized spacial score (nSPS) is 10.8. The number of carbonyl (C=O) groups excluding carboxylic acids is 1. The van der Waals surface area contributed by atoms with Crippen LogP contribution in [0.2, 0.25) is 0 Å². The molecule has 0 spiro atoms. The average molecular weight is 258 g/mol. The van der Waals surface area contributed by atoms with Crippen LogP contribution >= 0.6 is 0 Å². The van der Waals surface area contributed by atoms with E-state index in [1.807, 2.05) is 18.0 Å². The summed E-state index contributed by atoms with van der Waals surface area (Å²) >= 11 is 0. The number of ketones is 1. The van der Waals surface area contributed by atoms with E-state index >= 15 is 0 Å². The van der Waals surface area contributed by atoms with Gasteiger partial charge in [-0.1, -0.05) is 32.0 Å². The smallest absolute Gasteiger partial charge is 0.160 e. The summed E-state index contributed by atoms with van der Waals surface area (Å²) in [6.45, 7) is 7.51. The van der Waals surface area contributed by atoms with Gasteiger partial charge in [0.1, 0.15) is 0 Å². The van der Waals surface area contributed by atoms with Crippen molar-refractivity contribution in [1.29, 1.82) is 5.26 Å². The summed E-state index contributed by atoms with van der Waals surface area (Å²) in [5, 5.41) is 8.49. The van der Waals surface area contributed by atoms with Crippen molar-refractivity contribution in [1.82, 2.24) is 4.90 Å². The van der Waals surface area contributed by atoms with Gasteiger partial charge in [-0.2, -0.15) is 5.26 Å². The molecular weight excluding hydrogens is 236 g/mol. The average Bonchev–Trinajstić information content (AvgIpc) is 2.31. The summed E-state index contributed by atoms with van der Waals surface area (Å²) in [5.41, 5.74) is 3.81. The van der Waals surface area contributed by atoms with Crippen molar-refractivity contribution >= 4 is 5.78 Å². The molecule has 3 nitrogen and oxygen atoms in total. The van der Waals surface area contributed by atoms with Crippen molar-refractivity contribution in [3.8, 4) is 6.07 Å². The molecule has 0 heterocycles. The number of likely N-dealkylation sites (N-methyl/N-ethyl adjacent to an activating group) is 1. The maximum atomic E-state index is 11.4. The van der Waals surface area contributed by atoms with Gasteiger partial charge in [0.15, 0.2) is 5.78 Å². The number of carbonyl (C=O) groups is 1. The number of aryl methyl sites for hydroxylation is 1. The Labute approximate surface area is 115 Å². The van der Waals surface area contributed by atoms with Gasteiger partial charge >= 0.3 is 0 Å². The predicted octanol–water partition coefficient (Wildman–Crippen LogP) is 3.03. The molecule has 1 rings (SSSR count). The summed E-state index contributed by atoms with van der Waals surface area (Å²) in [6, 6.07) is 8.40. The molecule has 0 atom stereocenters. The summed E-state index contributed by atoms with van der Waals surface area (Å²) in [7, 11) is 1.91. The molecule has 0 aliphatic heterocycles. The van der Waals surface area contributed by atoms with Gasteiger partial charge in [-0.15, -0.1) is 0 Å². The van der Waals surface area contributed by atoms with Gasteiger partial charge in [-0.3, -0.25) is 9.69 Å². The third-order valence-electron chi connectivity index (χ3n) is 3.20. The fourth-order valence-electron chi connectivity index (χ4n) is 2.01. The maximum Gasteiger partial charge on any atom is 0.160 e. The first kappa shape index (κ1) is 15.4. The Morgan fingerprint density at radius 2 is 2.11 bits per heavy atom. The lowest BCUT2D eigenvalue weighted by molar-refractivity contribution is -0.119. The van der Waals surface area contributed by atoms with Crippen molar-refractivity contribution < 1.29 is 4.79 Å². The highest BCUT2D eigenvalue weighted by Gasteiger charge is 2.09. The van der Waals surface area contributed by atoms with Gasteiger partial charge < -0.3 is 0 Å². The number of rotatable bonds is 6. The van der Waals surface area contributed by atoms with Crippen LogP contribution in [0, 0.1) is 18.3 Å². The van der Waals surface area contributed by atoms with Crippen LogP contribution in [0.25, 0.3) is 0 Å². The number of hydrogen-bond acceptors (Lipinski definition) is 3. The van der Waals surface area contributed by atoms with E-state index in [2.05, 4.69) is 39.0 Å². The quantitative estimate of drug-likeness (QED) is 0.787.